The van der Waals surface area contributed by atoms with Crippen molar-refractivity contribution in [1.82, 2.24) is 15.1 Å². The Labute approximate surface area is 140 Å². The predicted molar refractivity (Wildman–Crippen MR) is 88.6 cm³/mol. The van der Waals surface area contributed by atoms with Gasteiger partial charge in [-0.15, -0.1) is 0 Å². The van der Waals surface area contributed by atoms with Crippen molar-refractivity contribution in [3.05, 3.63) is 41.7 Å². The van der Waals surface area contributed by atoms with Crippen molar-refractivity contribution >= 4 is 11.9 Å². The molecule has 0 aliphatic heterocycles. The van der Waals surface area contributed by atoms with E-state index in [0.717, 1.165) is 17.1 Å². The number of hydrogen-bond acceptors (Lipinski definition) is 4. The number of aliphatic carboxylic acids is 1. The van der Waals surface area contributed by atoms with Crippen molar-refractivity contribution in [2.45, 2.75) is 20.3 Å². The number of amides is 1. The van der Waals surface area contributed by atoms with Crippen LogP contribution in [0.2, 0.25) is 0 Å². The summed E-state index contributed by atoms with van der Waals surface area (Å²) in [7, 11) is 1.60. The fourth-order valence-electron chi connectivity index (χ4n) is 2.30. The molecule has 2 rings (SSSR count). The summed E-state index contributed by atoms with van der Waals surface area (Å²) in [5.41, 5.74) is 1.95. The molecule has 24 heavy (non-hydrogen) atoms. The van der Waals surface area contributed by atoms with Crippen molar-refractivity contribution < 1.29 is 19.4 Å². The van der Waals surface area contributed by atoms with Crippen LogP contribution in [0.1, 0.15) is 29.5 Å². The van der Waals surface area contributed by atoms with Gasteiger partial charge in [0.25, 0.3) is 5.91 Å². The summed E-state index contributed by atoms with van der Waals surface area (Å²) in [6.07, 6.45) is 0.0135. The highest BCUT2D eigenvalue weighted by Gasteiger charge is 2.15. The fraction of sp³-hybridized carbons (Fsp3) is 0.353. The topological polar surface area (TPSA) is 93.5 Å². The van der Waals surface area contributed by atoms with Gasteiger partial charge < -0.3 is 15.2 Å². The second-order valence-corrected chi connectivity index (χ2v) is 5.69. The molecule has 1 amide bonds. The van der Waals surface area contributed by atoms with Crippen LogP contribution < -0.4 is 10.1 Å². The van der Waals surface area contributed by atoms with E-state index >= 15 is 0 Å². The van der Waals surface area contributed by atoms with Gasteiger partial charge in [0.1, 0.15) is 5.75 Å². The third-order valence-corrected chi connectivity index (χ3v) is 3.57. The van der Waals surface area contributed by atoms with Gasteiger partial charge in [0.2, 0.25) is 0 Å². The zero-order chi connectivity index (χ0) is 17.7. The maximum absolute atomic E-state index is 12.2. The predicted octanol–water partition coefficient (Wildman–Crippen LogP) is 2.03. The van der Waals surface area contributed by atoms with Gasteiger partial charge in [0, 0.05) is 18.7 Å². The van der Waals surface area contributed by atoms with Crippen LogP contribution in [0.4, 0.5) is 0 Å². The lowest BCUT2D eigenvalue weighted by Crippen LogP contribution is -2.29. The number of aromatic nitrogens is 2. The smallest absolute Gasteiger partial charge is 0.303 e. The number of hydrogen-bond donors (Lipinski definition) is 2. The Kier molecular flexibility index (Phi) is 5.57. The van der Waals surface area contributed by atoms with Gasteiger partial charge in [-0.05, 0) is 43.2 Å². The summed E-state index contributed by atoms with van der Waals surface area (Å²) in [6.45, 7) is 3.93. The van der Waals surface area contributed by atoms with Gasteiger partial charge in [-0.25, -0.2) is 4.68 Å². The van der Waals surface area contributed by atoms with Gasteiger partial charge in [0.15, 0.2) is 5.69 Å². The van der Waals surface area contributed by atoms with Crippen LogP contribution in [-0.2, 0) is 4.79 Å². The first-order valence-electron chi connectivity index (χ1n) is 7.61. The minimum atomic E-state index is -0.878. The summed E-state index contributed by atoms with van der Waals surface area (Å²) in [4.78, 5) is 22.8. The lowest BCUT2D eigenvalue weighted by Gasteiger charge is -2.09. The molecule has 1 unspecified atom stereocenters. The lowest BCUT2D eigenvalue weighted by molar-refractivity contribution is -0.137. The number of ether oxygens (including phenoxy) is 1. The van der Waals surface area contributed by atoms with E-state index in [1.54, 1.807) is 24.8 Å². The molecule has 1 aromatic carbocycles. The number of methoxy groups -OCH3 is 1. The van der Waals surface area contributed by atoms with E-state index in [0.29, 0.717) is 12.2 Å². The van der Waals surface area contributed by atoms with E-state index in [1.165, 1.54) is 0 Å². The second kappa shape index (κ2) is 7.63. The van der Waals surface area contributed by atoms with E-state index in [2.05, 4.69) is 10.4 Å². The average Bonchev–Trinajstić information content (AvgIpc) is 2.94. The minimum absolute atomic E-state index is 0.0135. The standard InChI is InChI=1S/C17H21N3O4/c1-11(8-16(21)22)10-18-17(23)15-9-12(2)20(19-15)13-4-6-14(24-3)7-5-13/h4-7,9,11H,8,10H2,1-3H3,(H,18,23)(H,21,22). The average molecular weight is 331 g/mol. The number of carbonyl (C=O) groups is 2. The molecule has 0 spiro atoms. The first-order chi connectivity index (χ1) is 11.4. The van der Waals surface area contributed by atoms with Crippen molar-refractivity contribution in [3.63, 3.8) is 0 Å². The van der Waals surface area contributed by atoms with Gasteiger partial charge in [-0.1, -0.05) is 6.92 Å². The Morgan fingerprint density at radius 2 is 2.00 bits per heavy atom. The first kappa shape index (κ1) is 17.5. The molecular formula is C17H21N3O4. The molecule has 1 atom stereocenters. The number of nitrogens with one attached hydrogen (secondary N) is 1. The van der Waals surface area contributed by atoms with E-state index in [9.17, 15) is 9.59 Å². The van der Waals surface area contributed by atoms with Gasteiger partial charge in [-0.2, -0.15) is 5.10 Å². The number of nitrogens with zero attached hydrogens (tertiary/aromatic N) is 2. The molecule has 0 saturated heterocycles. The number of carboxylic acids is 1. The highest BCUT2D eigenvalue weighted by molar-refractivity contribution is 5.92. The van der Waals surface area contributed by atoms with Crippen LogP contribution in [0.25, 0.3) is 5.69 Å². The second-order valence-electron chi connectivity index (χ2n) is 5.69. The molecule has 0 aliphatic rings. The lowest BCUT2D eigenvalue weighted by atomic mass is 10.1. The molecule has 0 aliphatic carbocycles. The van der Waals surface area contributed by atoms with E-state index in [4.69, 9.17) is 9.84 Å². The third-order valence-electron chi connectivity index (χ3n) is 3.57. The van der Waals surface area contributed by atoms with Crippen molar-refractivity contribution in [1.29, 1.82) is 0 Å². The molecule has 128 valence electrons. The Morgan fingerprint density at radius 3 is 2.58 bits per heavy atom. The Hall–Kier alpha value is -2.83. The summed E-state index contributed by atoms with van der Waals surface area (Å²) in [5.74, 6) is -0.593. The molecule has 2 N–H and O–H groups in total. The van der Waals surface area contributed by atoms with Crippen LogP contribution in [0.15, 0.2) is 30.3 Å². The zero-order valence-electron chi connectivity index (χ0n) is 13.9. The molecule has 7 heteroatoms. The molecule has 0 bridgehead atoms. The summed E-state index contributed by atoms with van der Waals surface area (Å²) in [6, 6.07) is 9.06. The van der Waals surface area contributed by atoms with Crippen molar-refractivity contribution in [2.24, 2.45) is 5.92 Å². The Bertz CT molecular complexity index is 722. The fourth-order valence-corrected chi connectivity index (χ4v) is 2.30. The third kappa shape index (κ3) is 4.34. The van der Waals surface area contributed by atoms with Crippen LogP contribution in [-0.4, -0.2) is 40.4 Å². The van der Waals surface area contributed by atoms with Gasteiger partial charge in [0.05, 0.1) is 12.8 Å². The van der Waals surface area contributed by atoms with E-state index < -0.39 is 5.97 Å². The maximum Gasteiger partial charge on any atom is 0.303 e. The van der Waals surface area contributed by atoms with Gasteiger partial charge in [-0.3, -0.25) is 9.59 Å². The highest BCUT2D eigenvalue weighted by Crippen LogP contribution is 2.16. The Morgan fingerprint density at radius 1 is 1.33 bits per heavy atom. The van der Waals surface area contributed by atoms with Crippen LogP contribution >= 0.6 is 0 Å². The maximum atomic E-state index is 12.2. The minimum Gasteiger partial charge on any atom is -0.497 e. The first-order valence-corrected chi connectivity index (χ1v) is 7.61. The number of carbonyl (C=O) groups excluding carboxylic acids is 1. The normalized spacial score (nSPS) is 11.8. The van der Waals surface area contributed by atoms with Gasteiger partial charge >= 0.3 is 5.97 Å². The quantitative estimate of drug-likeness (QED) is 0.810. The number of carboxylic acid groups (broad SMARTS) is 1. The highest BCUT2D eigenvalue weighted by atomic mass is 16.5. The van der Waals surface area contributed by atoms with Crippen LogP contribution in [0.3, 0.4) is 0 Å². The number of rotatable bonds is 7. The van der Waals surface area contributed by atoms with E-state index in [-0.39, 0.29) is 18.2 Å². The molecular weight excluding hydrogens is 310 g/mol. The van der Waals surface area contributed by atoms with E-state index in [1.807, 2.05) is 31.2 Å². The molecule has 1 aromatic heterocycles. The zero-order valence-corrected chi connectivity index (χ0v) is 13.9. The molecule has 7 nitrogen and oxygen atoms in total. The monoisotopic (exact) mass is 331 g/mol. The molecule has 0 saturated carbocycles. The van der Waals surface area contributed by atoms with Crippen LogP contribution in [0.5, 0.6) is 5.75 Å². The number of benzene rings is 1. The Balaban J connectivity index is 2.07. The summed E-state index contributed by atoms with van der Waals surface area (Å²) < 4.78 is 6.80. The van der Waals surface area contributed by atoms with Crippen molar-refractivity contribution in [3.8, 4) is 11.4 Å². The molecule has 0 fully saturated rings. The summed E-state index contributed by atoms with van der Waals surface area (Å²) >= 11 is 0. The number of aryl methyl sites for hydroxylation is 1. The summed E-state index contributed by atoms with van der Waals surface area (Å²) in [5, 5.41) is 15.8. The molecule has 2 aromatic rings. The molecule has 1 heterocycles. The SMILES string of the molecule is COc1ccc(-n2nc(C(=O)NCC(C)CC(=O)O)cc2C)cc1. The van der Waals surface area contributed by atoms with Crippen LogP contribution in [0, 0.1) is 12.8 Å². The molecule has 0 radical (unpaired) electrons. The van der Waals surface area contributed by atoms with Crippen molar-refractivity contribution in [2.75, 3.05) is 13.7 Å². The largest absolute Gasteiger partial charge is 0.497 e.